The number of amides is 2. The van der Waals surface area contributed by atoms with E-state index in [0.29, 0.717) is 11.1 Å². The molecule has 0 unspecified atom stereocenters. The van der Waals surface area contributed by atoms with Crippen LogP contribution in [0.4, 0.5) is 0 Å². The van der Waals surface area contributed by atoms with E-state index in [0.717, 1.165) is 0 Å². The molecule has 0 atom stereocenters. The van der Waals surface area contributed by atoms with Crippen LogP contribution < -0.4 is 22.9 Å². The Morgan fingerprint density at radius 3 is 1.45 bits per heavy atom. The molecule has 2 amide bonds. The second-order valence-corrected chi connectivity index (χ2v) is 4.47. The van der Waals surface area contributed by atoms with Crippen LogP contribution in [-0.2, 0) is 0 Å². The average molecular weight is 280 g/mol. The van der Waals surface area contributed by atoms with Gasteiger partial charge in [-0.25, -0.2) is 0 Å². The van der Waals surface area contributed by atoms with Gasteiger partial charge in [-0.2, -0.15) is 0 Å². The van der Waals surface area contributed by atoms with E-state index in [4.69, 9.17) is 11.5 Å². The van der Waals surface area contributed by atoms with Gasteiger partial charge in [-0.15, -0.1) is 0 Å². The van der Waals surface area contributed by atoms with Crippen LogP contribution in [0.15, 0.2) is 24.3 Å². The number of carbonyl (C=O) groups excluding carboxylic acids is 2. The molecule has 2 rings (SSSR count). The molecule has 6 heteroatoms. The zero-order valence-corrected chi connectivity index (χ0v) is 11.7. The molecule has 20 heavy (non-hydrogen) atoms. The molecule has 1 heterocycles. The van der Waals surface area contributed by atoms with Gasteiger partial charge >= 0.3 is 0 Å². The second-order valence-electron chi connectivity index (χ2n) is 4.47. The predicted octanol–water partition coefficient (Wildman–Crippen LogP) is 1.20. The lowest BCUT2D eigenvalue weighted by Crippen LogP contribution is -2.13. The molecule has 0 saturated carbocycles. The number of benzene rings is 1. The molecular weight excluding hydrogens is 256 g/mol. The second kappa shape index (κ2) is 9.94. The highest BCUT2D eigenvalue weighted by Gasteiger charge is 2.02. The molecular formula is C14H24N4O2. The average Bonchev–Trinajstić information content (AvgIpc) is 2.71. The van der Waals surface area contributed by atoms with Gasteiger partial charge in [0.05, 0.1) is 0 Å². The van der Waals surface area contributed by atoms with Crippen LogP contribution in [0, 0.1) is 0 Å². The van der Waals surface area contributed by atoms with Gasteiger partial charge in [-0.3, -0.25) is 9.59 Å². The first-order chi connectivity index (χ1) is 9.11. The van der Waals surface area contributed by atoms with Crippen LogP contribution in [0.25, 0.3) is 0 Å². The first-order valence-corrected chi connectivity index (χ1v) is 6.51. The third kappa shape index (κ3) is 6.86. The van der Waals surface area contributed by atoms with Crippen molar-refractivity contribution in [1.82, 2.24) is 11.5 Å². The van der Waals surface area contributed by atoms with E-state index in [1.165, 1.54) is 63.0 Å². The summed E-state index contributed by atoms with van der Waals surface area (Å²) in [4.78, 5) is 21.2. The van der Waals surface area contributed by atoms with Gasteiger partial charge < -0.3 is 22.9 Å². The zero-order valence-electron chi connectivity index (χ0n) is 11.7. The summed E-state index contributed by atoms with van der Waals surface area (Å²) < 4.78 is 0. The minimum Gasteiger partial charge on any atom is -0.366 e. The fourth-order valence-electron chi connectivity index (χ4n) is 1.78. The fourth-order valence-corrected chi connectivity index (χ4v) is 1.78. The molecule has 0 radical (unpaired) electrons. The van der Waals surface area contributed by atoms with Crippen LogP contribution in [-0.4, -0.2) is 24.9 Å². The topological polar surface area (TPSA) is 133 Å². The van der Waals surface area contributed by atoms with E-state index >= 15 is 0 Å². The van der Waals surface area contributed by atoms with E-state index in [1.807, 2.05) is 0 Å². The highest BCUT2D eigenvalue weighted by molar-refractivity contribution is 5.96. The molecule has 0 spiro atoms. The van der Waals surface area contributed by atoms with E-state index in [2.05, 4.69) is 5.32 Å². The van der Waals surface area contributed by atoms with Crippen LogP contribution in [0.2, 0.25) is 0 Å². The van der Waals surface area contributed by atoms with Crippen molar-refractivity contribution in [3.05, 3.63) is 35.4 Å². The Hall–Kier alpha value is -1.92. The molecule has 1 saturated heterocycles. The molecule has 1 fully saturated rings. The van der Waals surface area contributed by atoms with Crippen molar-refractivity contribution in [1.29, 1.82) is 0 Å². The Morgan fingerprint density at radius 1 is 0.800 bits per heavy atom. The maximum Gasteiger partial charge on any atom is 0.248 e. The molecule has 1 aromatic rings. The molecule has 1 aliphatic heterocycles. The van der Waals surface area contributed by atoms with E-state index < -0.39 is 11.8 Å². The third-order valence-electron chi connectivity index (χ3n) is 2.91. The van der Waals surface area contributed by atoms with Crippen LogP contribution >= 0.6 is 0 Å². The van der Waals surface area contributed by atoms with E-state index in [1.54, 1.807) is 0 Å². The maximum absolute atomic E-state index is 10.6. The molecule has 0 aliphatic carbocycles. The number of nitrogens with two attached hydrogens (primary N) is 2. The van der Waals surface area contributed by atoms with Crippen molar-refractivity contribution in [2.24, 2.45) is 11.5 Å². The Labute approximate surface area is 119 Å². The van der Waals surface area contributed by atoms with Gasteiger partial charge in [0.15, 0.2) is 0 Å². The number of nitrogens with one attached hydrogen (secondary N) is 1. The first kappa shape index (κ1) is 18.1. The summed E-state index contributed by atoms with van der Waals surface area (Å²) in [6.07, 6.45) is 5.65. The molecule has 6 nitrogen and oxygen atoms in total. The lowest BCUT2D eigenvalue weighted by Gasteiger charge is -1.96. The molecule has 1 aliphatic rings. The van der Waals surface area contributed by atoms with Crippen molar-refractivity contribution < 1.29 is 9.59 Å². The lowest BCUT2D eigenvalue weighted by molar-refractivity contribution is 0.0988. The normalized spacial score (nSPS) is 14.0. The Bertz CT molecular complexity index is 365. The summed E-state index contributed by atoms with van der Waals surface area (Å²) in [6.45, 7) is 2.50. The largest absolute Gasteiger partial charge is 0.366 e. The number of hydrogen-bond acceptors (Lipinski definition) is 4. The van der Waals surface area contributed by atoms with Gasteiger partial charge in [0.1, 0.15) is 0 Å². The summed E-state index contributed by atoms with van der Waals surface area (Å²) in [5, 5.41) is 3.35. The Balaban J connectivity index is 0.000000387. The van der Waals surface area contributed by atoms with Crippen molar-refractivity contribution in [3.63, 3.8) is 0 Å². The first-order valence-electron chi connectivity index (χ1n) is 6.51. The number of rotatable bonds is 2. The Kier molecular flexibility index (Phi) is 8.98. The zero-order chi connectivity index (χ0) is 14.1. The lowest BCUT2D eigenvalue weighted by atomic mass is 10.1. The highest BCUT2D eigenvalue weighted by atomic mass is 16.1. The van der Waals surface area contributed by atoms with Crippen LogP contribution in [0.3, 0.4) is 0 Å². The van der Waals surface area contributed by atoms with E-state index in [9.17, 15) is 9.59 Å². The molecule has 112 valence electrons. The monoisotopic (exact) mass is 280 g/mol. The number of hydrogen-bond donors (Lipinski definition) is 4. The van der Waals surface area contributed by atoms with Crippen molar-refractivity contribution in [2.45, 2.75) is 25.7 Å². The Morgan fingerprint density at radius 2 is 1.15 bits per heavy atom. The van der Waals surface area contributed by atoms with Gasteiger partial charge in [0.25, 0.3) is 0 Å². The molecule has 8 N–H and O–H groups in total. The van der Waals surface area contributed by atoms with Crippen LogP contribution in [0.1, 0.15) is 46.4 Å². The minimum atomic E-state index is -0.522. The third-order valence-corrected chi connectivity index (χ3v) is 2.91. The van der Waals surface area contributed by atoms with Crippen molar-refractivity contribution >= 4 is 11.8 Å². The summed E-state index contributed by atoms with van der Waals surface area (Å²) >= 11 is 0. The van der Waals surface area contributed by atoms with Gasteiger partial charge in [0, 0.05) is 11.1 Å². The SMILES string of the molecule is C1CCCNCC1.N.NC(=O)c1ccc(C(N)=O)cc1. The minimum absolute atomic E-state index is 0. The van der Waals surface area contributed by atoms with Crippen molar-refractivity contribution in [2.75, 3.05) is 13.1 Å². The fraction of sp³-hybridized carbons (Fsp3) is 0.429. The van der Waals surface area contributed by atoms with Crippen LogP contribution in [0.5, 0.6) is 0 Å². The quantitative estimate of drug-likeness (QED) is 0.647. The standard InChI is InChI=1S/C8H8N2O2.C6H13N.H3N/c9-7(11)5-1-2-6(4-3-5)8(10)12;1-2-4-6-7-5-3-1;/h1-4H,(H2,9,11)(H2,10,12);7H,1-6H2;1H3. The van der Waals surface area contributed by atoms with Gasteiger partial charge in [-0.05, 0) is 50.2 Å². The van der Waals surface area contributed by atoms with E-state index in [-0.39, 0.29) is 6.15 Å². The summed E-state index contributed by atoms with van der Waals surface area (Å²) in [6, 6.07) is 5.84. The summed E-state index contributed by atoms with van der Waals surface area (Å²) in [7, 11) is 0. The smallest absolute Gasteiger partial charge is 0.248 e. The van der Waals surface area contributed by atoms with Gasteiger partial charge in [-0.1, -0.05) is 12.8 Å². The highest BCUT2D eigenvalue weighted by Crippen LogP contribution is 2.02. The molecule has 0 aromatic heterocycles. The number of carbonyl (C=O) groups is 2. The van der Waals surface area contributed by atoms with Gasteiger partial charge in [0.2, 0.25) is 11.8 Å². The molecule has 0 bridgehead atoms. The van der Waals surface area contributed by atoms with Crippen molar-refractivity contribution in [3.8, 4) is 0 Å². The predicted molar refractivity (Wildman–Crippen MR) is 79.8 cm³/mol. The maximum atomic E-state index is 10.6. The number of primary amides is 2. The summed E-state index contributed by atoms with van der Waals surface area (Å²) in [5.41, 5.74) is 10.7. The molecule has 1 aromatic carbocycles. The summed E-state index contributed by atoms with van der Waals surface area (Å²) in [5.74, 6) is -1.04.